The Hall–Kier alpha value is -1.54. The van der Waals surface area contributed by atoms with E-state index in [-0.39, 0.29) is 6.04 Å². The average molecular weight is 247 g/mol. The van der Waals surface area contributed by atoms with E-state index in [0.29, 0.717) is 0 Å². The minimum atomic E-state index is 0.0677. The molecule has 18 heavy (non-hydrogen) atoms. The molecule has 1 aromatic heterocycles. The molecule has 1 atom stereocenters. The Labute approximate surface area is 109 Å². The number of hydrogen-bond donors (Lipinski definition) is 0. The number of imidazole rings is 1. The highest BCUT2D eigenvalue weighted by Gasteiger charge is 2.24. The van der Waals surface area contributed by atoms with Crippen LogP contribution in [0.15, 0.2) is 12.4 Å². The van der Waals surface area contributed by atoms with Crippen LogP contribution in [-0.4, -0.2) is 46.7 Å². The Morgan fingerprint density at radius 2 is 2.06 bits per heavy atom. The highest BCUT2D eigenvalue weighted by molar-refractivity contribution is 5.32. The van der Waals surface area contributed by atoms with Gasteiger partial charge in [-0.05, 0) is 13.3 Å². The Balaban J connectivity index is 1.97. The first-order valence-corrected chi connectivity index (χ1v) is 6.69. The number of aromatic nitrogens is 2. The highest BCUT2D eigenvalue weighted by Crippen LogP contribution is 2.16. The lowest BCUT2D eigenvalue weighted by Crippen LogP contribution is -2.50. The smallest absolute Gasteiger partial charge is 0.205 e. The van der Waals surface area contributed by atoms with E-state index >= 15 is 0 Å². The van der Waals surface area contributed by atoms with Crippen molar-refractivity contribution in [1.82, 2.24) is 14.5 Å². The molecule has 1 fully saturated rings. The standard InChI is InChI=1S/C13H21N5/c1-3-12(11-14)17-7-9-18(10-8-17)13-15-5-6-16(13)4-2/h5-6,12H,3-4,7-10H2,1-2H3. The quantitative estimate of drug-likeness (QED) is 0.805. The molecule has 0 N–H and O–H groups in total. The summed E-state index contributed by atoms with van der Waals surface area (Å²) >= 11 is 0. The second-order valence-electron chi connectivity index (χ2n) is 4.59. The van der Waals surface area contributed by atoms with Gasteiger partial charge in [0.05, 0.1) is 12.1 Å². The maximum absolute atomic E-state index is 9.09. The van der Waals surface area contributed by atoms with Gasteiger partial charge in [0.15, 0.2) is 0 Å². The molecule has 0 aliphatic carbocycles. The predicted molar refractivity (Wildman–Crippen MR) is 71.4 cm³/mol. The molecule has 1 aliphatic heterocycles. The molecule has 1 saturated heterocycles. The third-order valence-electron chi connectivity index (χ3n) is 3.61. The molecule has 2 rings (SSSR count). The highest BCUT2D eigenvalue weighted by atomic mass is 15.4. The van der Waals surface area contributed by atoms with Gasteiger partial charge in [0.1, 0.15) is 0 Å². The third-order valence-corrected chi connectivity index (χ3v) is 3.61. The molecular weight excluding hydrogens is 226 g/mol. The van der Waals surface area contributed by atoms with Gasteiger partial charge in [0.25, 0.3) is 0 Å². The number of aryl methyl sites for hydroxylation is 1. The first-order chi connectivity index (χ1) is 8.80. The molecule has 1 aromatic rings. The zero-order chi connectivity index (χ0) is 13.0. The Morgan fingerprint density at radius 1 is 1.33 bits per heavy atom. The summed E-state index contributed by atoms with van der Waals surface area (Å²) in [6.45, 7) is 8.95. The topological polar surface area (TPSA) is 48.1 Å². The molecule has 1 aliphatic rings. The minimum absolute atomic E-state index is 0.0677. The largest absolute Gasteiger partial charge is 0.340 e. The van der Waals surface area contributed by atoms with Crippen LogP contribution >= 0.6 is 0 Å². The van der Waals surface area contributed by atoms with Crippen LogP contribution in [0, 0.1) is 11.3 Å². The van der Waals surface area contributed by atoms with Crippen molar-refractivity contribution in [3.05, 3.63) is 12.4 Å². The summed E-state index contributed by atoms with van der Waals surface area (Å²) in [7, 11) is 0. The van der Waals surface area contributed by atoms with Crippen molar-refractivity contribution in [2.45, 2.75) is 32.9 Å². The molecular formula is C13H21N5. The van der Waals surface area contributed by atoms with Crippen LogP contribution < -0.4 is 4.90 Å². The Kier molecular flexibility index (Phi) is 4.21. The van der Waals surface area contributed by atoms with Gasteiger partial charge in [-0.2, -0.15) is 5.26 Å². The molecule has 0 radical (unpaired) electrons. The van der Waals surface area contributed by atoms with E-state index < -0.39 is 0 Å². The lowest BCUT2D eigenvalue weighted by atomic mass is 10.2. The van der Waals surface area contributed by atoms with Gasteiger partial charge >= 0.3 is 0 Å². The van der Waals surface area contributed by atoms with Gasteiger partial charge in [-0.15, -0.1) is 0 Å². The van der Waals surface area contributed by atoms with Crippen molar-refractivity contribution in [3.63, 3.8) is 0 Å². The summed E-state index contributed by atoms with van der Waals surface area (Å²) in [6.07, 6.45) is 4.78. The number of hydrogen-bond acceptors (Lipinski definition) is 4. The minimum Gasteiger partial charge on any atom is -0.340 e. The third kappa shape index (κ3) is 2.49. The first-order valence-electron chi connectivity index (χ1n) is 6.69. The van der Waals surface area contributed by atoms with Crippen LogP contribution in [0.2, 0.25) is 0 Å². The fraction of sp³-hybridized carbons (Fsp3) is 0.692. The van der Waals surface area contributed by atoms with Crippen LogP contribution in [0.5, 0.6) is 0 Å². The summed E-state index contributed by atoms with van der Waals surface area (Å²) in [5, 5.41) is 9.09. The molecule has 5 heteroatoms. The van der Waals surface area contributed by atoms with Gasteiger partial charge in [0.2, 0.25) is 5.95 Å². The van der Waals surface area contributed by atoms with Gasteiger partial charge in [-0.1, -0.05) is 6.92 Å². The van der Waals surface area contributed by atoms with Crippen molar-refractivity contribution in [3.8, 4) is 6.07 Å². The molecule has 0 spiro atoms. The van der Waals surface area contributed by atoms with Crippen LogP contribution in [0.1, 0.15) is 20.3 Å². The molecule has 5 nitrogen and oxygen atoms in total. The van der Waals surface area contributed by atoms with Crippen LogP contribution in [0.25, 0.3) is 0 Å². The van der Waals surface area contributed by atoms with E-state index in [9.17, 15) is 0 Å². The van der Waals surface area contributed by atoms with E-state index in [1.807, 2.05) is 12.4 Å². The van der Waals surface area contributed by atoms with Gasteiger partial charge in [-0.3, -0.25) is 4.90 Å². The summed E-state index contributed by atoms with van der Waals surface area (Å²) in [5.41, 5.74) is 0. The molecule has 0 amide bonds. The monoisotopic (exact) mass is 247 g/mol. The Bertz CT molecular complexity index is 411. The zero-order valence-corrected chi connectivity index (χ0v) is 11.2. The number of nitriles is 1. The molecule has 1 unspecified atom stereocenters. The SMILES string of the molecule is CCC(C#N)N1CCN(c2nccn2CC)CC1. The van der Waals surface area contributed by atoms with Gasteiger partial charge in [0, 0.05) is 45.1 Å². The van der Waals surface area contributed by atoms with Crippen molar-refractivity contribution in [1.29, 1.82) is 5.26 Å². The summed E-state index contributed by atoms with van der Waals surface area (Å²) < 4.78 is 2.16. The van der Waals surface area contributed by atoms with Crippen molar-refractivity contribution >= 4 is 5.95 Å². The maximum atomic E-state index is 9.09. The number of rotatable bonds is 4. The van der Waals surface area contributed by atoms with E-state index in [4.69, 9.17) is 5.26 Å². The molecule has 98 valence electrons. The molecule has 0 aromatic carbocycles. The maximum Gasteiger partial charge on any atom is 0.205 e. The Morgan fingerprint density at radius 3 is 2.61 bits per heavy atom. The van der Waals surface area contributed by atoms with E-state index in [1.54, 1.807) is 0 Å². The fourth-order valence-corrected chi connectivity index (χ4v) is 2.50. The van der Waals surface area contributed by atoms with Crippen molar-refractivity contribution in [2.24, 2.45) is 0 Å². The van der Waals surface area contributed by atoms with Crippen molar-refractivity contribution in [2.75, 3.05) is 31.1 Å². The van der Waals surface area contributed by atoms with Crippen molar-refractivity contribution < 1.29 is 0 Å². The second-order valence-corrected chi connectivity index (χ2v) is 4.59. The summed E-state index contributed by atoms with van der Waals surface area (Å²) in [5.74, 6) is 1.06. The zero-order valence-electron chi connectivity index (χ0n) is 11.2. The molecule has 0 bridgehead atoms. The lowest BCUT2D eigenvalue weighted by molar-refractivity contribution is 0.215. The summed E-state index contributed by atoms with van der Waals surface area (Å²) in [4.78, 5) is 9.01. The van der Waals surface area contributed by atoms with Crippen LogP contribution in [0.3, 0.4) is 0 Å². The molecule has 0 saturated carbocycles. The predicted octanol–water partition coefficient (Wildman–Crippen LogP) is 1.33. The second kappa shape index (κ2) is 5.87. The number of nitrogens with zero attached hydrogens (tertiary/aromatic N) is 5. The molecule has 2 heterocycles. The van der Waals surface area contributed by atoms with Gasteiger partial charge < -0.3 is 9.47 Å². The normalized spacial score (nSPS) is 18.6. The fourth-order valence-electron chi connectivity index (χ4n) is 2.50. The van der Waals surface area contributed by atoms with E-state index in [0.717, 1.165) is 45.1 Å². The van der Waals surface area contributed by atoms with E-state index in [2.05, 4.69) is 39.3 Å². The number of piperazine rings is 1. The van der Waals surface area contributed by atoms with E-state index in [1.165, 1.54) is 0 Å². The lowest BCUT2D eigenvalue weighted by Gasteiger charge is -2.37. The summed E-state index contributed by atoms with van der Waals surface area (Å²) in [6, 6.07) is 2.45. The average Bonchev–Trinajstić information content (AvgIpc) is 2.89. The number of anilines is 1. The first kappa shape index (κ1) is 12.9. The van der Waals surface area contributed by atoms with Crippen LogP contribution in [0.4, 0.5) is 5.95 Å². The van der Waals surface area contributed by atoms with Gasteiger partial charge in [-0.25, -0.2) is 4.98 Å². The van der Waals surface area contributed by atoms with Crippen LogP contribution in [-0.2, 0) is 6.54 Å².